The van der Waals surface area contributed by atoms with Crippen LogP contribution >= 0.6 is 0 Å². The topological polar surface area (TPSA) is 68.6 Å². The molecule has 0 spiro atoms. The van der Waals surface area contributed by atoms with Crippen molar-refractivity contribution in [2.24, 2.45) is 9.98 Å². The number of urea groups is 1. The second-order valence-corrected chi connectivity index (χ2v) is 7.12. The summed E-state index contributed by atoms with van der Waals surface area (Å²) in [5.74, 6) is 0.500. The van der Waals surface area contributed by atoms with Gasteiger partial charge in [-0.1, -0.05) is 24.8 Å². The molecule has 0 saturated carbocycles. The third-order valence-corrected chi connectivity index (χ3v) is 5.37. The predicted molar refractivity (Wildman–Crippen MR) is 117 cm³/mol. The lowest BCUT2D eigenvalue weighted by atomic mass is 9.91. The number of para-hydroxylation sites is 1. The van der Waals surface area contributed by atoms with Crippen LogP contribution < -0.4 is 4.90 Å². The van der Waals surface area contributed by atoms with Gasteiger partial charge >= 0.3 is 6.03 Å². The molecule has 2 heterocycles. The van der Waals surface area contributed by atoms with Crippen LogP contribution in [-0.2, 0) is 4.79 Å². The second-order valence-electron chi connectivity index (χ2n) is 7.12. The summed E-state index contributed by atoms with van der Waals surface area (Å²) in [5.41, 5.74) is 3.68. The summed E-state index contributed by atoms with van der Waals surface area (Å²) in [6.07, 6.45) is 3.64. The van der Waals surface area contributed by atoms with Crippen LogP contribution in [0.15, 0.2) is 52.6 Å². The normalized spacial score (nSPS) is 22.1. The Morgan fingerprint density at radius 3 is 2.79 bits per heavy atom. The molecule has 0 N–H and O–H groups in total. The first kappa shape index (κ1) is 20.5. The first-order valence-electron chi connectivity index (χ1n) is 9.72. The molecule has 0 aliphatic carbocycles. The molecular weight excluding hydrogens is 366 g/mol. The van der Waals surface area contributed by atoms with Crippen LogP contribution in [0, 0.1) is 6.92 Å². The Bertz CT molecular complexity index is 918. The van der Waals surface area contributed by atoms with E-state index in [-0.39, 0.29) is 18.0 Å². The van der Waals surface area contributed by atoms with Crippen molar-refractivity contribution in [2.45, 2.75) is 26.3 Å². The molecule has 152 valence electrons. The van der Waals surface area contributed by atoms with Gasteiger partial charge in [0, 0.05) is 31.9 Å². The highest BCUT2D eigenvalue weighted by molar-refractivity contribution is 6.10. The Hall–Kier alpha value is -3.22. The van der Waals surface area contributed by atoms with Gasteiger partial charge in [0.1, 0.15) is 5.84 Å². The molecule has 7 nitrogen and oxygen atoms in total. The summed E-state index contributed by atoms with van der Waals surface area (Å²) >= 11 is 0. The fourth-order valence-electron chi connectivity index (χ4n) is 4.12. The van der Waals surface area contributed by atoms with Crippen LogP contribution in [-0.4, -0.2) is 61.0 Å². The zero-order valence-electron chi connectivity index (χ0n) is 17.3. The number of hydrogen-bond acceptors (Lipinski definition) is 4. The molecule has 1 saturated heterocycles. The van der Waals surface area contributed by atoms with E-state index in [0.717, 1.165) is 22.4 Å². The Morgan fingerprint density at radius 2 is 2.14 bits per heavy atom. The van der Waals surface area contributed by atoms with Gasteiger partial charge in [-0.15, -0.1) is 0 Å². The first-order chi connectivity index (χ1) is 13.9. The van der Waals surface area contributed by atoms with E-state index < -0.39 is 0 Å². The molecule has 3 rings (SSSR count). The molecule has 1 atom stereocenters. The Morgan fingerprint density at radius 1 is 1.38 bits per heavy atom. The molecule has 3 amide bonds. The molecule has 1 unspecified atom stereocenters. The number of anilines is 1. The smallest absolute Gasteiger partial charge is 0.313 e. The summed E-state index contributed by atoms with van der Waals surface area (Å²) < 4.78 is 0. The molecule has 0 aromatic heterocycles. The zero-order valence-corrected chi connectivity index (χ0v) is 17.3. The van der Waals surface area contributed by atoms with Gasteiger partial charge in [-0.05, 0) is 44.2 Å². The standard InChI is InChI=1S/C22H27N5O2/c1-6-19(28)26-12-11-18(17-10-8-9-15(3)20(17)26)27-14-16(13-23-4)21(24-7-2)25(5)22(27)29/h6,8-10,13,18H,1,4,7,11-12,14H2,2-3,5H3/b16-13-,24-21?. The van der Waals surface area contributed by atoms with Crippen molar-refractivity contribution in [1.82, 2.24) is 9.80 Å². The summed E-state index contributed by atoms with van der Waals surface area (Å²) in [6.45, 7) is 12.6. The minimum absolute atomic E-state index is 0.112. The van der Waals surface area contributed by atoms with Gasteiger partial charge in [-0.2, -0.15) is 0 Å². The lowest BCUT2D eigenvalue weighted by Gasteiger charge is -2.44. The number of rotatable bonds is 4. The maximum absolute atomic E-state index is 13.2. The van der Waals surface area contributed by atoms with E-state index in [2.05, 4.69) is 23.3 Å². The summed E-state index contributed by atoms with van der Waals surface area (Å²) in [6, 6.07) is 5.68. The van der Waals surface area contributed by atoms with E-state index in [1.165, 1.54) is 6.08 Å². The second kappa shape index (κ2) is 8.43. The number of aryl methyl sites for hydroxylation is 1. The lowest BCUT2D eigenvalue weighted by molar-refractivity contribution is -0.114. The van der Waals surface area contributed by atoms with E-state index >= 15 is 0 Å². The van der Waals surface area contributed by atoms with Gasteiger partial charge in [0.2, 0.25) is 5.91 Å². The fourth-order valence-corrected chi connectivity index (χ4v) is 4.12. The van der Waals surface area contributed by atoms with Crippen molar-refractivity contribution in [3.05, 3.63) is 53.8 Å². The largest absolute Gasteiger partial charge is 0.326 e. The molecular formula is C22H27N5O2. The number of likely N-dealkylation sites (N-methyl/N-ethyl adjacent to an activating group) is 1. The van der Waals surface area contributed by atoms with Crippen molar-refractivity contribution < 1.29 is 9.59 Å². The molecule has 1 aromatic carbocycles. The number of fused-ring (bicyclic) bond motifs is 1. The van der Waals surface area contributed by atoms with E-state index in [9.17, 15) is 9.59 Å². The Kier molecular flexibility index (Phi) is 5.96. The number of carbonyl (C=O) groups excluding carboxylic acids is 2. The average Bonchev–Trinajstić information content (AvgIpc) is 2.72. The number of aliphatic imine (C=N–C) groups is 2. The van der Waals surface area contributed by atoms with E-state index in [1.807, 2.05) is 36.9 Å². The van der Waals surface area contributed by atoms with Gasteiger partial charge in [0.25, 0.3) is 0 Å². The van der Waals surface area contributed by atoms with Crippen LogP contribution in [0.2, 0.25) is 0 Å². The molecule has 1 fully saturated rings. The minimum Gasteiger partial charge on any atom is -0.313 e. The van der Waals surface area contributed by atoms with Gasteiger partial charge in [0.05, 0.1) is 18.3 Å². The quantitative estimate of drug-likeness (QED) is 0.582. The maximum atomic E-state index is 13.2. The van der Waals surface area contributed by atoms with Crippen LogP contribution in [0.3, 0.4) is 0 Å². The van der Waals surface area contributed by atoms with Crippen molar-refractivity contribution in [1.29, 1.82) is 0 Å². The van der Waals surface area contributed by atoms with Crippen molar-refractivity contribution >= 4 is 30.2 Å². The molecule has 0 radical (unpaired) electrons. The highest BCUT2D eigenvalue weighted by Gasteiger charge is 2.39. The van der Waals surface area contributed by atoms with E-state index in [4.69, 9.17) is 0 Å². The van der Waals surface area contributed by atoms with Crippen molar-refractivity contribution in [3.8, 4) is 0 Å². The highest BCUT2D eigenvalue weighted by Crippen LogP contribution is 2.41. The molecule has 2 aliphatic heterocycles. The zero-order chi connectivity index (χ0) is 21.1. The molecule has 29 heavy (non-hydrogen) atoms. The Balaban J connectivity index is 2.05. The molecule has 1 aromatic rings. The predicted octanol–water partition coefficient (Wildman–Crippen LogP) is 3.33. The van der Waals surface area contributed by atoms with Gasteiger partial charge in [-0.25, -0.2) is 4.79 Å². The van der Waals surface area contributed by atoms with Gasteiger partial charge < -0.3 is 9.80 Å². The number of benzene rings is 1. The van der Waals surface area contributed by atoms with Crippen LogP contribution in [0.5, 0.6) is 0 Å². The third-order valence-electron chi connectivity index (χ3n) is 5.37. The number of carbonyl (C=O) groups is 2. The SMILES string of the molecule is C=CC(=O)N1CCC(N2C/C(=C/N=C)C(=NCC)N(C)C2=O)c2cccc(C)c21. The van der Waals surface area contributed by atoms with Gasteiger partial charge in [0.15, 0.2) is 0 Å². The van der Waals surface area contributed by atoms with Gasteiger partial charge in [-0.3, -0.25) is 19.7 Å². The highest BCUT2D eigenvalue weighted by atomic mass is 16.2. The fraction of sp³-hybridized carbons (Fsp3) is 0.364. The Labute approximate surface area is 171 Å². The molecule has 0 bridgehead atoms. The van der Waals surface area contributed by atoms with Crippen LogP contribution in [0.4, 0.5) is 10.5 Å². The van der Waals surface area contributed by atoms with E-state index in [0.29, 0.717) is 31.9 Å². The minimum atomic E-state index is -0.148. The number of nitrogens with zero attached hydrogens (tertiary/aromatic N) is 5. The molecule has 7 heteroatoms. The maximum Gasteiger partial charge on any atom is 0.326 e. The first-order valence-corrected chi connectivity index (χ1v) is 9.72. The van der Waals surface area contributed by atoms with Crippen LogP contribution in [0.1, 0.15) is 30.5 Å². The summed E-state index contributed by atoms with van der Waals surface area (Å²) in [7, 11) is 1.73. The van der Waals surface area contributed by atoms with Crippen molar-refractivity contribution in [3.63, 3.8) is 0 Å². The molecule has 2 aliphatic rings. The third kappa shape index (κ3) is 3.60. The average molecular weight is 393 g/mol. The van der Waals surface area contributed by atoms with Crippen molar-refractivity contribution in [2.75, 3.05) is 31.6 Å². The monoisotopic (exact) mass is 393 g/mol. The van der Waals surface area contributed by atoms with Crippen LogP contribution in [0.25, 0.3) is 0 Å². The number of amides is 3. The number of amidine groups is 1. The van der Waals surface area contributed by atoms with E-state index in [1.54, 1.807) is 23.0 Å². The number of hydrogen-bond donors (Lipinski definition) is 0. The summed E-state index contributed by atoms with van der Waals surface area (Å²) in [4.78, 5) is 39.2. The lowest BCUT2D eigenvalue weighted by Crippen LogP contribution is -2.54. The summed E-state index contributed by atoms with van der Waals surface area (Å²) in [5, 5.41) is 0.